The highest BCUT2D eigenvalue weighted by Crippen LogP contribution is 2.27. The molecule has 0 bridgehead atoms. The lowest BCUT2D eigenvalue weighted by molar-refractivity contribution is 0.889. The van der Waals surface area contributed by atoms with E-state index < -0.39 is 0 Å². The summed E-state index contributed by atoms with van der Waals surface area (Å²) in [5.41, 5.74) is 6.16. The van der Waals surface area contributed by atoms with Gasteiger partial charge in [-0.05, 0) is 44.4 Å². The summed E-state index contributed by atoms with van der Waals surface area (Å²) in [7, 11) is 0. The Morgan fingerprint density at radius 2 is 1.94 bits per heavy atom. The first-order chi connectivity index (χ1) is 8.67. The van der Waals surface area contributed by atoms with Gasteiger partial charge in [-0.1, -0.05) is 25.5 Å². The molecule has 2 rings (SSSR count). The Morgan fingerprint density at radius 3 is 2.61 bits per heavy atom. The number of aromatic nitrogens is 1. The molecule has 0 fully saturated rings. The Hall–Kier alpha value is -1.57. The molecule has 0 aliphatic heterocycles. The average Bonchev–Trinajstić information content (AvgIpc) is 2.35. The van der Waals surface area contributed by atoms with Crippen LogP contribution in [0, 0.1) is 13.8 Å². The fourth-order valence-corrected chi connectivity index (χ4v) is 2.30. The van der Waals surface area contributed by atoms with E-state index in [9.17, 15) is 0 Å². The monoisotopic (exact) mass is 242 g/mol. The fraction of sp³-hybridized carbons (Fsp3) is 0.438. The third kappa shape index (κ3) is 2.33. The van der Waals surface area contributed by atoms with Crippen LogP contribution in [0.3, 0.4) is 0 Å². The van der Waals surface area contributed by atoms with Crippen LogP contribution in [0.5, 0.6) is 0 Å². The van der Waals surface area contributed by atoms with E-state index in [1.807, 2.05) is 0 Å². The van der Waals surface area contributed by atoms with Crippen molar-refractivity contribution in [1.29, 1.82) is 0 Å². The maximum atomic E-state index is 4.83. The van der Waals surface area contributed by atoms with E-state index >= 15 is 0 Å². The van der Waals surface area contributed by atoms with E-state index in [0.29, 0.717) is 0 Å². The first-order valence-corrected chi connectivity index (χ1v) is 6.81. The second-order valence-electron chi connectivity index (χ2n) is 4.85. The maximum Gasteiger partial charge on any atom is 0.0757 e. The maximum absolute atomic E-state index is 4.83. The Labute approximate surface area is 109 Å². The van der Waals surface area contributed by atoms with Crippen molar-refractivity contribution in [2.24, 2.45) is 0 Å². The molecule has 2 heteroatoms. The molecule has 0 radical (unpaired) electrons. The van der Waals surface area contributed by atoms with Crippen LogP contribution in [0.25, 0.3) is 10.9 Å². The van der Waals surface area contributed by atoms with Crippen LogP contribution in [-0.2, 0) is 6.42 Å². The van der Waals surface area contributed by atoms with E-state index in [0.717, 1.165) is 24.9 Å². The zero-order chi connectivity index (χ0) is 13.1. The molecule has 0 aliphatic rings. The number of hydrogen-bond acceptors (Lipinski definition) is 2. The van der Waals surface area contributed by atoms with Gasteiger partial charge in [-0.25, -0.2) is 0 Å². The molecule has 0 atom stereocenters. The summed E-state index contributed by atoms with van der Waals surface area (Å²) >= 11 is 0. The topological polar surface area (TPSA) is 24.9 Å². The van der Waals surface area contributed by atoms with Gasteiger partial charge in [0.2, 0.25) is 0 Å². The molecular formula is C16H22N2. The summed E-state index contributed by atoms with van der Waals surface area (Å²) in [6.45, 7) is 9.58. The van der Waals surface area contributed by atoms with Crippen molar-refractivity contribution in [1.82, 2.24) is 4.98 Å². The number of rotatable bonds is 4. The largest absolute Gasteiger partial charge is 0.385 e. The van der Waals surface area contributed by atoms with Gasteiger partial charge in [-0.3, -0.25) is 4.98 Å². The van der Waals surface area contributed by atoms with Gasteiger partial charge < -0.3 is 5.32 Å². The standard InChI is InChI=1S/C16H22N2/c1-5-7-13-10-15(17-6-2)14-9-8-11(3)12(4)16(14)18-13/h8-10H,5-7H2,1-4H3,(H,17,18). The van der Waals surface area contributed by atoms with Crippen molar-refractivity contribution in [2.75, 3.05) is 11.9 Å². The van der Waals surface area contributed by atoms with Gasteiger partial charge in [-0.15, -0.1) is 0 Å². The molecule has 1 aromatic carbocycles. The molecular weight excluding hydrogens is 220 g/mol. The van der Waals surface area contributed by atoms with Crippen LogP contribution >= 0.6 is 0 Å². The molecule has 2 aromatic rings. The number of fused-ring (bicyclic) bond motifs is 1. The zero-order valence-electron chi connectivity index (χ0n) is 11.8. The molecule has 0 saturated carbocycles. The van der Waals surface area contributed by atoms with Crippen LogP contribution in [0.15, 0.2) is 18.2 Å². The number of anilines is 1. The Bertz CT molecular complexity index is 559. The first-order valence-electron chi connectivity index (χ1n) is 6.81. The summed E-state index contributed by atoms with van der Waals surface area (Å²) in [6.07, 6.45) is 2.18. The molecule has 0 aliphatic carbocycles. The molecule has 0 spiro atoms. The number of benzene rings is 1. The molecule has 1 aromatic heterocycles. The van der Waals surface area contributed by atoms with Crippen LogP contribution in [0.4, 0.5) is 5.69 Å². The minimum Gasteiger partial charge on any atom is -0.385 e. The predicted octanol–water partition coefficient (Wildman–Crippen LogP) is 4.24. The summed E-state index contributed by atoms with van der Waals surface area (Å²) < 4.78 is 0. The molecule has 0 amide bonds. The number of hydrogen-bond donors (Lipinski definition) is 1. The minimum atomic E-state index is 0.942. The molecule has 1 heterocycles. The summed E-state index contributed by atoms with van der Waals surface area (Å²) in [5, 5.41) is 4.69. The number of pyridine rings is 1. The summed E-state index contributed by atoms with van der Waals surface area (Å²) in [6, 6.07) is 6.56. The van der Waals surface area contributed by atoms with Crippen molar-refractivity contribution in [3.63, 3.8) is 0 Å². The van der Waals surface area contributed by atoms with Gasteiger partial charge in [-0.2, -0.15) is 0 Å². The number of nitrogens with zero attached hydrogens (tertiary/aromatic N) is 1. The molecule has 1 N–H and O–H groups in total. The molecule has 96 valence electrons. The fourth-order valence-electron chi connectivity index (χ4n) is 2.30. The van der Waals surface area contributed by atoms with Gasteiger partial charge in [0.15, 0.2) is 0 Å². The van der Waals surface area contributed by atoms with E-state index in [4.69, 9.17) is 4.98 Å². The van der Waals surface area contributed by atoms with E-state index in [-0.39, 0.29) is 0 Å². The number of nitrogens with one attached hydrogen (secondary N) is 1. The Morgan fingerprint density at radius 1 is 1.17 bits per heavy atom. The van der Waals surface area contributed by atoms with Crippen molar-refractivity contribution in [2.45, 2.75) is 40.5 Å². The molecule has 0 unspecified atom stereocenters. The smallest absolute Gasteiger partial charge is 0.0757 e. The summed E-state index contributed by atoms with van der Waals surface area (Å²) in [5.74, 6) is 0. The second-order valence-corrected chi connectivity index (χ2v) is 4.85. The van der Waals surface area contributed by atoms with Crippen LogP contribution in [-0.4, -0.2) is 11.5 Å². The zero-order valence-corrected chi connectivity index (χ0v) is 11.8. The van der Waals surface area contributed by atoms with E-state index in [1.165, 1.54) is 27.9 Å². The SMILES string of the molecule is CCCc1cc(NCC)c2ccc(C)c(C)c2n1. The van der Waals surface area contributed by atoms with Crippen molar-refractivity contribution in [3.05, 3.63) is 35.0 Å². The Balaban J connectivity index is 2.68. The second kappa shape index (κ2) is 5.38. The van der Waals surface area contributed by atoms with Crippen molar-refractivity contribution >= 4 is 16.6 Å². The van der Waals surface area contributed by atoms with Gasteiger partial charge in [0.25, 0.3) is 0 Å². The van der Waals surface area contributed by atoms with Crippen molar-refractivity contribution < 1.29 is 0 Å². The molecule has 2 nitrogen and oxygen atoms in total. The van der Waals surface area contributed by atoms with Crippen molar-refractivity contribution in [3.8, 4) is 0 Å². The van der Waals surface area contributed by atoms with E-state index in [1.54, 1.807) is 0 Å². The highest BCUT2D eigenvalue weighted by Gasteiger charge is 2.08. The third-order valence-electron chi connectivity index (χ3n) is 3.43. The minimum absolute atomic E-state index is 0.942. The van der Waals surface area contributed by atoms with Gasteiger partial charge in [0.05, 0.1) is 5.52 Å². The highest BCUT2D eigenvalue weighted by atomic mass is 14.9. The van der Waals surface area contributed by atoms with Gasteiger partial charge in [0, 0.05) is 23.3 Å². The van der Waals surface area contributed by atoms with Gasteiger partial charge in [0.1, 0.15) is 0 Å². The van der Waals surface area contributed by atoms with E-state index in [2.05, 4.69) is 51.2 Å². The quantitative estimate of drug-likeness (QED) is 0.867. The van der Waals surface area contributed by atoms with Crippen LogP contribution < -0.4 is 5.32 Å². The summed E-state index contributed by atoms with van der Waals surface area (Å²) in [4.78, 5) is 4.83. The predicted molar refractivity (Wildman–Crippen MR) is 79.4 cm³/mol. The Kier molecular flexibility index (Phi) is 3.85. The highest BCUT2D eigenvalue weighted by molar-refractivity contribution is 5.94. The average molecular weight is 242 g/mol. The lowest BCUT2D eigenvalue weighted by atomic mass is 10.0. The molecule has 18 heavy (non-hydrogen) atoms. The lowest BCUT2D eigenvalue weighted by Crippen LogP contribution is -2.02. The first kappa shape index (κ1) is 12.9. The lowest BCUT2D eigenvalue weighted by Gasteiger charge is -2.13. The van der Waals surface area contributed by atoms with Crippen LogP contribution in [0.1, 0.15) is 37.1 Å². The van der Waals surface area contributed by atoms with Gasteiger partial charge >= 0.3 is 0 Å². The normalized spacial score (nSPS) is 10.9. The number of aryl methyl sites for hydroxylation is 3. The van der Waals surface area contributed by atoms with Crippen LogP contribution in [0.2, 0.25) is 0 Å². The molecule has 0 saturated heterocycles. The third-order valence-corrected chi connectivity index (χ3v) is 3.43.